The summed E-state index contributed by atoms with van der Waals surface area (Å²) in [5, 5.41) is 0. The van der Waals surface area contributed by atoms with E-state index < -0.39 is 0 Å². The molecule has 0 atom stereocenters. The first-order chi connectivity index (χ1) is 4.33. The number of nitrogens with two attached hydrogens (primary N) is 1. The smallest absolute Gasteiger partial charge is 0.0433 e. The quantitative estimate of drug-likeness (QED) is 0.559. The third kappa shape index (κ3) is 31.1. The van der Waals surface area contributed by atoms with Gasteiger partial charge in [0.2, 0.25) is 0 Å². The number of hydrogen-bond acceptors (Lipinski definition) is 2. The average Bonchev–Trinajstić information content (AvgIpc) is 1.91. The molecule has 3 heteroatoms. The maximum absolute atomic E-state index is 5.03. The highest BCUT2D eigenvalue weighted by Gasteiger charge is 1.64. The molecule has 2 nitrogen and oxygen atoms in total. The van der Waals surface area contributed by atoms with E-state index in [0.29, 0.717) is 0 Å². The largest absolute Gasteiger partial charge is 0.386 e. The fourth-order valence-electron chi connectivity index (χ4n) is 0.204. The maximum Gasteiger partial charge on any atom is 0.0433 e. The van der Waals surface area contributed by atoms with Crippen molar-refractivity contribution >= 4 is 10.2 Å². The van der Waals surface area contributed by atoms with Crippen molar-refractivity contribution in [2.75, 3.05) is 19.4 Å². The Balaban J connectivity index is 0. The van der Waals surface area contributed by atoms with Crippen LogP contribution in [0.2, 0.25) is 0 Å². The summed E-state index contributed by atoms with van der Waals surface area (Å²) in [6.45, 7) is 5.77. The van der Waals surface area contributed by atoms with Crippen molar-refractivity contribution in [3.05, 3.63) is 0 Å². The van der Waals surface area contributed by atoms with E-state index in [-0.39, 0.29) is 0 Å². The topological polar surface area (TPSA) is 35.2 Å². The fourth-order valence-corrected chi connectivity index (χ4v) is 0.612. The van der Waals surface area contributed by atoms with Crippen molar-refractivity contribution in [3.8, 4) is 0 Å². The molecule has 58 valence electrons. The van der Waals surface area contributed by atoms with E-state index in [0.717, 1.165) is 25.8 Å². The summed E-state index contributed by atoms with van der Waals surface area (Å²) < 4.78 is 4.90. The number of ether oxygens (including phenoxy) is 1. The summed E-state index contributed by atoms with van der Waals surface area (Å²) in [5.74, 6) is 0. The molecule has 0 aromatic carbocycles. The molecule has 0 fully saturated rings. The Morgan fingerprint density at radius 2 is 1.89 bits per heavy atom. The van der Waals surface area contributed by atoms with E-state index in [1.165, 1.54) is 10.2 Å². The van der Waals surface area contributed by atoms with Crippen LogP contribution in [0, 0.1) is 0 Å². The Kier molecular flexibility index (Phi) is 20.7. The van der Waals surface area contributed by atoms with Crippen LogP contribution in [0.25, 0.3) is 0 Å². The molecular formula is C6H19NOSi. The Morgan fingerprint density at radius 1 is 1.44 bits per heavy atom. The monoisotopic (exact) mass is 149 g/mol. The molecule has 0 aliphatic rings. The second kappa shape index (κ2) is 15.7. The van der Waals surface area contributed by atoms with Crippen LogP contribution < -0.4 is 5.73 Å². The molecule has 0 spiro atoms. The lowest BCUT2D eigenvalue weighted by Crippen LogP contribution is -1.93. The summed E-state index contributed by atoms with van der Waals surface area (Å²) in [4.78, 5) is 0. The van der Waals surface area contributed by atoms with E-state index in [1.54, 1.807) is 0 Å². The van der Waals surface area contributed by atoms with Gasteiger partial charge in [0, 0.05) is 23.1 Å². The minimum absolute atomic E-state index is 0.819. The molecule has 9 heavy (non-hydrogen) atoms. The van der Waals surface area contributed by atoms with Crippen LogP contribution >= 0.6 is 0 Å². The van der Waals surface area contributed by atoms with E-state index in [2.05, 4.69) is 6.92 Å². The van der Waals surface area contributed by atoms with Crippen LogP contribution in [-0.4, -0.2) is 29.6 Å². The Morgan fingerprint density at radius 3 is 1.89 bits per heavy atom. The molecule has 0 rings (SSSR count). The van der Waals surface area contributed by atoms with Gasteiger partial charge >= 0.3 is 0 Å². The van der Waals surface area contributed by atoms with E-state index in [9.17, 15) is 0 Å². The molecule has 0 aliphatic heterocycles. The van der Waals surface area contributed by atoms with Crippen LogP contribution in [0.1, 0.15) is 20.3 Å². The predicted molar refractivity (Wildman–Crippen MR) is 45.8 cm³/mol. The van der Waals surface area contributed by atoms with Gasteiger partial charge < -0.3 is 10.5 Å². The third-order valence-electron chi connectivity index (χ3n) is 0.697. The molecular weight excluding hydrogens is 130 g/mol. The van der Waals surface area contributed by atoms with Gasteiger partial charge in [0.25, 0.3) is 0 Å². The van der Waals surface area contributed by atoms with Gasteiger partial charge in [-0.05, 0) is 19.9 Å². The molecule has 0 saturated carbocycles. The minimum Gasteiger partial charge on any atom is -0.386 e. The second-order valence-electron chi connectivity index (χ2n) is 1.57. The summed E-state index contributed by atoms with van der Waals surface area (Å²) in [5.41, 5.74) is 5.03. The van der Waals surface area contributed by atoms with Crippen LogP contribution in [0.5, 0.6) is 0 Å². The molecule has 0 aromatic rings. The highest BCUT2D eigenvalue weighted by Crippen LogP contribution is 1.60. The average molecular weight is 149 g/mol. The first-order valence-electron chi connectivity index (χ1n) is 3.61. The van der Waals surface area contributed by atoms with Crippen molar-refractivity contribution in [1.29, 1.82) is 0 Å². The first kappa shape index (κ1) is 11.9. The standard InChI is InChI=1S/C3H9N.C3H10OSi/c1-2-3-4;1-2-4-3-5/h2-4H2,1H3;2-3H2,1,5H3. The molecule has 0 radical (unpaired) electrons. The molecule has 2 N–H and O–H groups in total. The molecule has 0 bridgehead atoms. The Bertz CT molecular complexity index is 32.2. The molecule has 0 heterocycles. The summed E-state index contributed by atoms with van der Waals surface area (Å²) in [6.07, 6.45) is 2.08. The summed E-state index contributed by atoms with van der Waals surface area (Å²) in [6, 6.07) is 0. The van der Waals surface area contributed by atoms with Crippen molar-refractivity contribution in [3.63, 3.8) is 0 Å². The van der Waals surface area contributed by atoms with Gasteiger partial charge in [-0.15, -0.1) is 0 Å². The predicted octanol–water partition coefficient (Wildman–Crippen LogP) is -0.299. The lowest BCUT2D eigenvalue weighted by Gasteiger charge is -1.86. The van der Waals surface area contributed by atoms with Crippen LogP contribution in [-0.2, 0) is 4.74 Å². The zero-order valence-corrected chi connectivity index (χ0v) is 8.81. The lowest BCUT2D eigenvalue weighted by atomic mass is 10.5. The first-order valence-corrected chi connectivity index (χ1v) is 5.02. The van der Waals surface area contributed by atoms with Gasteiger partial charge in [0.05, 0.1) is 0 Å². The van der Waals surface area contributed by atoms with Gasteiger partial charge in [-0.3, -0.25) is 0 Å². The molecule has 0 aromatic heterocycles. The second-order valence-corrected chi connectivity index (χ2v) is 2.15. The molecule has 0 saturated heterocycles. The normalized spacial score (nSPS) is 8.33. The Hall–Kier alpha value is 0.137. The molecule has 0 amide bonds. The maximum atomic E-state index is 5.03. The van der Waals surface area contributed by atoms with Crippen LogP contribution in [0.15, 0.2) is 0 Å². The highest BCUT2D eigenvalue weighted by molar-refractivity contribution is 6.08. The van der Waals surface area contributed by atoms with Gasteiger partial charge in [-0.2, -0.15) is 0 Å². The number of rotatable bonds is 3. The van der Waals surface area contributed by atoms with E-state index >= 15 is 0 Å². The summed E-state index contributed by atoms with van der Waals surface area (Å²) in [7, 11) is 1.18. The minimum atomic E-state index is 0.819. The number of hydrogen-bond donors (Lipinski definition) is 1. The van der Waals surface area contributed by atoms with E-state index in [1.807, 2.05) is 6.92 Å². The van der Waals surface area contributed by atoms with Crippen molar-refractivity contribution in [1.82, 2.24) is 0 Å². The van der Waals surface area contributed by atoms with Crippen LogP contribution in [0.3, 0.4) is 0 Å². The zero-order chi connectivity index (χ0) is 7.54. The zero-order valence-electron chi connectivity index (χ0n) is 6.81. The molecule has 0 aliphatic carbocycles. The fraction of sp³-hybridized carbons (Fsp3) is 1.00. The third-order valence-corrected chi connectivity index (χ3v) is 1.11. The van der Waals surface area contributed by atoms with Gasteiger partial charge in [0.15, 0.2) is 0 Å². The highest BCUT2D eigenvalue weighted by atomic mass is 28.1. The van der Waals surface area contributed by atoms with Gasteiger partial charge in [-0.25, -0.2) is 0 Å². The molecule has 0 unspecified atom stereocenters. The van der Waals surface area contributed by atoms with Gasteiger partial charge in [0.1, 0.15) is 0 Å². The summed E-state index contributed by atoms with van der Waals surface area (Å²) >= 11 is 0. The lowest BCUT2D eigenvalue weighted by molar-refractivity contribution is 0.195. The van der Waals surface area contributed by atoms with E-state index in [4.69, 9.17) is 10.5 Å². The SMILES string of the molecule is CCCN.CCOC[SiH3]. The van der Waals surface area contributed by atoms with Crippen molar-refractivity contribution < 1.29 is 4.74 Å². The Labute approximate surface area is 61.2 Å². The van der Waals surface area contributed by atoms with Crippen molar-refractivity contribution in [2.45, 2.75) is 20.3 Å². The van der Waals surface area contributed by atoms with Crippen LogP contribution in [0.4, 0.5) is 0 Å². The van der Waals surface area contributed by atoms with Crippen molar-refractivity contribution in [2.24, 2.45) is 5.73 Å². The van der Waals surface area contributed by atoms with Gasteiger partial charge in [-0.1, -0.05) is 6.92 Å².